The smallest absolute Gasteiger partial charge is 0.262 e. The zero-order chi connectivity index (χ0) is 19.4. The molecule has 0 fully saturated rings. The second-order valence-corrected chi connectivity index (χ2v) is 7.05. The monoisotopic (exact) mass is 386 g/mol. The lowest BCUT2D eigenvalue weighted by molar-refractivity contribution is -0.124. The second-order valence-electron chi connectivity index (χ2n) is 5.81. The molecule has 2 amide bonds. The third-order valence-corrected chi connectivity index (χ3v) is 4.71. The Hall–Kier alpha value is -3.20. The molecule has 2 heterocycles. The van der Waals surface area contributed by atoms with Gasteiger partial charge in [0.25, 0.3) is 5.56 Å². The molecule has 0 spiro atoms. The van der Waals surface area contributed by atoms with Gasteiger partial charge in [-0.05, 0) is 25.1 Å². The van der Waals surface area contributed by atoms with Crippen LogP contribution in [-0.4, -0.2) is 35.0 Å². The summed E-state index contributed by atoms with van der Waals surface area (Å²) in [6.07, 6.45) is 1.34. The van der Waals surface area contributed by atoms with Crippen molar-refractivity contribution >= 4 is 39.1 Å². The van der Waals surface area contributed by atoms with E-state index in [2.05, 4.69) is 15.6 Å². The summed E-state index contributed by atoms with van der Waals surface area (Å²) >= 11 is 1.42. The molecule has 27 heavy (non-hydrogen) atoms. The summed E-state index contributed by atoms with van der Waals surface area (Å²) in [5.74, 6) is -0.222. The molecule has 3 rings (SSSR count). The van der Waals surface area contributed by atoms with Crippen molar-refractivity contribution in [2.24, 2.45) is 0 Å². The lowest BCUT2D eigenvalue weighted by Crippen LogP contribution is -2.37. The van der Waals surface area contributed by atoms with Crippen LogP contribution in [0.5, 0.6) is 5.75 Å². The second kappa shape index (κ2) is 8.00. The van der Waals surface area contributed by atoms with E-state index in [0.717, 1.165) is 4.88 Å². The van der Waals surface area contributed by atoms with Crippen LogP contribution in [0.1, 0.15) is 4.88 Å². The van der Waals surface area contributed by atoms with Gasteiger partial charge in [0.2, 0.25) is 11.8 Å². The number of amides is 2. The van der Waals surface area contributed by atoms with E-state index in [1.165, 1.54) is 29.3 Å². The van der Waals surface area contributed by atoms with E-state index in [1.54, 1.807) is 30.3 Å². The molecule has 0 unspecified atom stereocenters. The van der Waals surface area contributed by atoms with Crippen LogP contribution in [0.2, 0.25) is 0 Å². The van der Waals surface area contributed by atoms with Crippen LogP contribution < -0.4 is 20.9 Å². The summed E-state index contributed by atoms with van der Waals surface area (Å²) in [6.45, 7) is 1.48. The van der Waals surface area contributed by atoms with Gasteiger partial charge in [-0.1, -0.05) is 6.07 Å². The molecular formula is C18H18N4O4S. The number of carbonyl (C=O) groups excluding carboxylic acids is 2. The Morgan fingerprint density at radius 2 is 2.07 bits per heavy atom. The van der Waals surface area contributed by atoms with E-state index < -0.39 is 5.91 Å². The van der Waals surface area contributed by atoms with Gasteiger partial charge in [-0.3, -0.25) is 19.0 Å². The van der Waals surface area contributed by atoms with E-state index in [4.69, 9.17) is 4.74 Å². The van der Waals surface area contributed by atoms with Gasteiger partial charge in [0.05, 0.1) is 25.4 Å². The van der Waals surface area contributed by atoms with Crippen molar-refractivity contribution in [1.29, 1.82) is 0 Å². The Kier molecular flexibility index (Phi) is 5.51. The van der Waals surface area contributed by atoms with Crippen LogP contribution in [0.3, 0.4) is 0 Å². The average molecular weight is 386 g/mol. The average Bonchev–Trinajstić information content (AvgIpc) is 3.04. The molecule has 8 nitrogen and oxygen atoms in total. The summed E-state index contributed by atoms with van der Waals surface area (Å²) < 4.78 is 6.31. The summed E-state index contributed by atoms with van der Waals surface area (Å²) in [4.78, 5) is 42.2. The van der Waals surface area contributed by atoms with Crippen molar-refractivity contribution in [3.63, 3.8) is 0 Å². The number of nitrogens with zero attached hydrogens (tertiary/aromatic N) is 2. The largest absolute Gasteiger partial charge is 0.497 e. The molecule has 9 heteroatoms. The normalized spacial score (nSPS) is 10.6. The van der Waals surface area contributed by atoms with Crippen molar-refractivity contribution in [3.8, 4) is 5.75 Å². The maximum atomic E-state index is 12.4. The lowest BCUT2D eigenvalue weighted by Gasteiger charge is -2.09. The zero-order valence-corrected chi connectivity index (χ0v) is 15.6. The van der Waals surface area contributed by atoms with E-state index in [-0.39, 0.29) is 24.6 Å². The topological polar surface area (TPSA) is 102 Å². The highest BCUT2D eigenvalue weighted by Crippen LogP contribution is 2.19. The summed E-state index contributed by atoms with van der Waals surface area (Å²) in [5.41, 5.74) is 0.285. The van der Waals surface area contributed by atoms with Crippen molar-refractivity contribution < 1.29 is 14.3 Å². The number of thiophene rings is 1. The highest BCUT2D eigenvalue weighted by Gasteiger charge is 2.11. The fraction of sp³-hybridized carbons (Fsp3) is 0.222. The minimum absolute atomic E-state index is 0.205. The number of anilines is 1. The Balaban J connectivity index is 1.57. The molecule has 2 aromatic heterocycles. The van der Waals surface area contributed by atoms with Gasteiger partial charge in [-0.15, -0.1) is 11.3 Å². The van der Waals surface area contributed by atoms with Crippen LogP contribution in [0.25, 0.3) is 10.2 Å². The van der Waals surface area contributed by atoms with Crippen LogP contribution in [0.15, 0.2) is 41.5 Å². The minimum Gasteiger partial charge on any atom is -0.497 e. The maximum Gasteiger partial charge on any atom is 0.262 e. The molecule has 0 atom stereocenters. The van der Waals surface area contributed by atoms with Crippen LogP contribution in [0.4, 0.5) is 5.69 Å². The Morgan fingerprint density at radius 3 is 2.85 bits per heavy atom. The lowest BCUT2D eigenvalue weighted by atomic mass is 10.3. The van der Waals surface area contributed by atoms with Gasteiger partial charge in [0.1, 0.15) is 17.1 Å². The van der Waals surface area contributed by atoms with Crippen molar-refractivity contribution in [2.45, 2.75) is 13.5 Å². The first-order chi connectivity index (χ1) is 13.0. The number of aromatic nitrogens is 2. The minimum atomic E-state index is -0.453. The molecule has 0 bridgehead atoms. The third kappa shape index (κ3) is 4.50. The molecule has 0 aliphatic carbocycles. The summed E-state index contributed by atoms with van der Waals surface area (Å²) in [5, 5.41) is 5.64. The number of methoxy groups -OCH3 is 1. The molecule has 0 aliphatic rings. The number of hydrogen-bond acceptors (Lipinski definition) is 6. The maximum absolute atomic E-state index is 12.4. The Labute approximate surface area is 158 Å². The van der Waals surface area contributed by atoms with Gasteiger partial charge >= 0.3 is 0 Å². The SMILES string of the molecule is COc1cccc(NC(=O)CNC(=O)Cn2cnc3sc(C)cc3c2=O)c1. The van der Waals surface area contributed by atoms with E-state index in [1.807, 2.05) is 6.92 Å². The number of ether oxygens (including phenoxy) is 1. The fourth-order valence-corrected chi connectivity index (χ4v) is 3.33. The van der Waals surface area contributed by atoms with Gasteiger partial charge in [0, 0.05) is 16.6 Å². The number of fused-ring (bicyclic) bond motifs is 1. The molecule has 0 radical (unpaired) electrons. The molecule has 0 saturated carbocycles. The molecular weight excluding hydrogens is 368 g/mol. The van der Waals surface area contributed by atoms with Gasteiger partial charge in [-0.25, -0.2) is 4.98 Å². The Bertz CT molecular complexity index is 1060. The Morgan fingerprint density at radius 1 is 1.26 bits per heavy atom. The quantitative estimate of drug-likeness (QED) is 0.669. The van der Waals surface area contributed by atoms with Crippen molar-refractivity contribution in [2.75, 3.05) is 19.0 Å². The van der Waals surface area contributed by atoms with Crippen LogP contribution in [0, 0.1) is 6.92 Å². The van der Waals surface area contributed by atoms with E-state index in [9.17, 15) is 14.4 Å². The first-order valence-corrected chi connectivity index (χ1v) is 8.94. The molecule has 1 aromatic carbocycles. The van der Waals surface area contributed by atoms with Gasteiger partial charge < -0.3 is 15.4 Å². The standard InChI is InChI=1S/C18H18N4O4S/c1-11-6-14-17(27-11)20-10-22(18(14)25)9-16(24)19-8-15(23)21-12-4-3-5-13(7-12)26-2/h3-7,10H,8-9H2,1-2H3,(H,19,24)(H,21,23). The zero-order valence-electron chi connectivity index (χ0n) is 14.8. The molecule has 140 valence electrons. The number of benzene rings is 1. The third-order valence-electron chi connectivity index (χ3n) is 3.75. The predicted octanol–water partition coefficient (Wildman–Crippen LogP) is 1.53. The van der Waals surface area contributed by atoms with E-state index >= 15 is 0 Å². The first kappa shape index (κ1) is 18.6. The number of carbonyl (C=O) groups is 2. The van der Waals surface area contributed by atoms with Gasteiger partial charge in [0.15, 0.2) is 0 Å². The predicted molar refractivity (Wildman–Crippen MR) is 103 cm³/mol. The highest BCUT2D eigenvalue weighted by molar-refractivity contribution is 7.18. The summed E-state index contributed by atoms with van der Waals surface area (Å²) in [7, 11) is 1.53. The number of aryl methyl sites for hydroxylation is 1. The molecule has 2 N–H and O–H groups in total. The number of rotatable bonds is 6. The molecule has 0 aliphatic heterocycles. The number of hydrogen-bond donors (Lipinski definition) is 2. The van der Waals surface area contributed by atoms with Gasteiger partial charge in [-0.2, -0.15) is 0 Å². The summed E-state index contributed by atoms with van der Waals surface area (Å²) in [6, 6.07) is 8.64. The van der Waals surface area contributed by atoms with Crippen LogP contribution in [-0.2, 0) is 16.1 Å². The van der Waals surface area contributed by atoms with Crippen LogP contribution >= 0.6 is 11.3 Å². The number of nitrogens with one attached hydrogen (secondary N) is 2. The van der Waals surface area contributed by atoms with E-state index in [0.29, 0.717) is 21.7 Å². The molecule has 0 saturated heterocycles. The highest BCUT2D eigenvalue weighted by atomic mass is 32.1. The van der Waals surface area contributed by atoms with Crippen molar-refractivity contribution in [3.05, 3.63) is 51.9 Å². The first-order valence-electron chi connectivity index (χ1n) is 8.12. The van der Waals surface area contributed by atoms with Crippen molar-refractivity contribution in [1.82, 2.24) is 14.9 Å². The fourth-order valence-electron chi connectivity index (χ4n) is 2.49. The molecule has 3 aromatic rings.